The number of thiophene rings is 1. The third-order valence-corrected chi connectivity index (χ3v) is 4.30. The van der Waals surface area contributed by atoms with E-state index < -0.39 is 0 Å². The fourth-order valence-corrected chi connectivity index (χ4v) is 3.08. The largest absolute Gasteiger partial charge is 0.461 e. The van der Waals surface area contributed by atoms with Gasteiger partial charge >= 0.3 is 5.30 Å². The first kappa shape index (κ1) is 11.6. The summed E-state index contributed by atoms with van der Waals surface area (Å²) in [6, 6.07) is 1.90. The first-order valence-electron chi connectivity index (χ1n) is 3.69. The average molecular weight is 248 g/mol. The molecule has 1 aromatic rings. The Labute approximate surface area is 94.7 Å². The highest BCUT2D eigenvalue weighted by molar-refractivity contribution is 8.26. The molecule has 0 unspecified atom stereocenters. The van der Waals surface area contributed by atoms with E-state index in [4.69, 9.17) is 5.41 Å². The van der Waals surface area contributed by atoms with Gasteiger partial charge in [-0.15, -0.1) is 23.1 Å². The van der Waals surface area contributed by atoms with Crippen LogP contribution in [0.2, 0.25) is 0 Å². The van der Waals surface area contributed by atoms with E-state index in [1.807, 2.05) is 17.7 Å². The number of carbonyl (C=O) groups excluding carboxylic acids is 1. The molecule has 0 radical (unpaired) electrons. The molecule has 1 heterocycles. The normalized spacial score (nSPS) is 9.86. The van der Waals surface area contributed by atoms with Crippen LogP contribution in [-0.4, -0.2) is 23.7 Å². The lowest BCUT2D eigenvalue weighted by molar-refractivity contribution is -0.107. The number of hydrogen-bond donors (Lipinski definition) is 1. The average Bonchev–Trinajstić information content (AvgIpc) is 2.65. The smallest absolute Gasteiger partial charge is 0.377 e. The molecule has 0 fully saturated rings. The van der Waals surface area contributed by atoms with Gasteiger partial charge in [-0.3, -0.25) is 0 Å². The SMILES string of the molecule is COC(=O)SC(=[NH2+])c1ccsc1SC. The van der Waals surface area contributed by atoms with Gasteiger partial charge in [0, 0.05) is 0 Å². The van der Waals surface area contributed by atoms with Gasteiger partial charge in [-0.05, 0) is 17.7 Å². The van der Waals surface area contributed by atoms with Crippen molar-refractivity contribution in [3.63, 3.8) is 0 Å². The van der Waals surface area contributed by atoms with Crippen LogP contribution in [0.1, 0.15) is 5.56 Å². The van der Waals surface area contributed by atoms with Crippen molar-refractivity contribution in [2.75, 3.05) is 13.4 Å². The monoisotopic (exact) mass is 248 g/mol. The van der Waals surface area contributed by atoms with Gasteiger partial charge in [-0.2, -0.15) is 0 Å². The molecule has 0 saturated carbocycles. The van der Waals surface area contributed by atoms with Crippen molar-refractivity contribution in [3.8, 4) is 0 Å². The van der Waals surface area contributed by atoms with Crippen LogP contribution in [0.3, 0.4) is 0 Å². The van der Waals surface area contributed by atoms with E-state index in [1.54, 1.807) is 23.1 Å². The molecule has 1 aromatic heterocycles. The zero-order valence-electron chi connectivity index (χ0n) is 7.77. The molecule has 6 heteroatoms. The Morgan fingerprint density at radius 2 is 2.36 bits per heavy atom. The van der Waals surface area contributed by atoms with Crippen LogP contribution in [-0.2, 0) is 4.74 Å². The minimum Gasteiger partial charge on any atom is -0.461 e. The van der Waals surface area contributed by atoms with Crippen LogP contribution < -0.4 is 5.41 Å². The van der Waals surface area contributed by atoms with Crippen LogP contribution >= 0.6 is 34.9 Å². The third kappa shape index (κ3) is 2.76. The number of ether oxygens (including phenoxy) is 1. The van der Waals surface area contributed by atoms with Gasteiger partial charge in [-0.25, -0.2) is 10.2 Å². The maximum Gasteiger partial charge on any atom is 0.377 e. The molecule has 1 rings (SSSR count). The predicted molar refractivity (Wildman–Crippen MR) is 62.1 cm³/mol. The quantitative estimate of drug-likeness (QED) is 0.373. The summed E-state index contributed by atoms with van der Waals surface area (Å²) in [4.78, 5) is 11.0. The molecule has 14 heavy (non-hydrogen) atoms. The zero-order valence-corrected chi connectivity index (χ0v) is 10.2. The van der Waals surface area contributed by atoms with Crippen molar-refractivity contribution in [1.82, 2.24) is 0 Å². The van der Waals surface area contributed by atoms with Gasteiger partial charge < -0.3 is 4.74 Å². The van der Waals surface area contributed by atoms with Gasteiger partial charge in [-0.1, -0.05) is 0 Å². The second kappa shape index (κ2) is 5.43. The molecule has 0 aromatic carbocycles. The van der Waals surface area contributed by atoms with Crippen molar-refractivity contribution in [3.05, 3.63) is 17.0 Å². The lowest BCUT2D eigenvalue weighted by atomic mass is 10.4. The minimum absolute atomic E-state index is 0.388. The molecular formula is C8H10NO2S3+. The Hall–Kier alpha value is -0.460. The standard InChI is InChI=1S/C8H9NO2S3/c1-11-8(10)14-6(9)5-3-4-13-7(5)12-2/h3-4,9H,1-2H3/p+1. The maximum atomic E-state index is 11.0. The predicted octanol–water partition coefficient (Wildman–Crippen LogP) is 1.48. The number of hydrogen-bond acceptors (Lipinski definition) is 5. The summed E-state index contributed by atoms with van der Waals surface area (Å²) in [7, 11) is 1.34. The molecule has 0 atom stereocenters. The highest BCUT2D eigenvalue weighted by atomic mass is 32.2. The first-order chi connectivity index (χ1) is 6.69. The topological polar surface area (TPSA) is 51.9 Å². The van der Waals surface area contributed by atoms with E-state index in [0.29, 0.717) is 5.04 Å². The maximum absolute atomic E-state index is 11.0. The van der Waals surface area contributed by atoms with Gasteiger partial charge in [0.15, 0.2) is 0 Å². The van der Waals surface area contributed by atoms with Crippen molar-refractivity contribution in [2.45, 2.75) is 4.21 Å². The second-order valence-electron chi connectivity index (χ2n) is 2.25. The number of methoxy groups -OCH3 is 1. The molecule has 0 aliphatic heterocycles. The summed E-state index contributed by atoms with van der Waals surface area (Å²) in [6.45, 7) is 0. The van der Waals surface area contributed by atoms with Crippen molar-refractivity contribution in [1.29, 1.82) is 0 Å². The Balaban J connectivity index is 2.74. The number of nitrogens with two attached hydrogens (primary N) is 1. The van der Waals surface area contributed by atoms with Gasteiger partial charge in [0.1, 0.15) is 0 Å². The zero-order chi connectivity index (χ0) is 10.6. The van der Waals surface area contributed by atoms with Crippen molar-refractivity contribution < 1.29 is 14.9 Å². The molecule has 0 amide bonds. The van der Waals surface area contributed by atoms with Crippen LogP contribution in [0.25, 0.3) is 0 Å². The molecule has 3 nitrogen and oxygen atoms in total. The van der Waals surface area contributed by atoms with Gasteiger partial charge in [0.2, 0.25) is 0 Å². The van der Waals surface area contributed by atoms with E-state index in [-0.39, 0.29) is 5.30 Å². The lowest BCUT2D eigenvalue weighted by Crippen LogP contribution is -2.38. The first-order valence-corrected chi connectivity index (χ1v) is 6.61. The molecule has 0 aliphatic rings. The number of thioether (sulfide) groups is 2. The summed E-state index contributed by atoms with van der Waals surface area (Å²) in [5.41, 5.74) is 0.915. The highest BCUT2D eigenvalue weighted by Gasteiger charge is 2.18. The van der Waals surface area contributed by atoms with Gasteiger partial charge in [0.05, 0.1) is 28.6 Å². The summed E-state index contributed by atoms with van der Waals surface area (Å²) < 4.78 is 5.62. The summed E-state index contributed by atoms with van der Waals surface area (Å²) >= 11 is 4.14. The number of rotatable bonds is 2. The summed E-state index contributed by atoms with van der Waals surface area (Å²) in [6.07, 6.45) is 1.98. The second-order valence-corrected chi connectivity index (χ2v) is 5.21. The number of carbonyl (C=O) groups is 1. The molecule has 2 N–H and O–H groups in total. The Kier molecular flexibility index (Phi) is 4.50. The van der Waals surface area contributed by atoms with E-state index in [0.717, 1.165) is 21.5 Å². The van der Waals surface area contributed by atoms with E-state index in [1.165, 1.54) is 7.11 Å². The lowest BCUT2D eigenvalue weighted by Gasteiger charge is -1.97. The molecule has 0 spiro atoms. The summed E-state index contributed by atoms with van der Waals surface area (Å²) in [5, 5.41) is 7.81. The van der Waals surface area contributed by atoms with Crippen LogP contribution in [0.5, 0.6) is 0 Å². The Bertz CT molecular complexity index is 348. The van der Waals surface area contributed by atoms with Crippen molar-refractivity contribution in [2.24, 2.45) is 0 Å². The molecule has 0 bridgehead atoms. The van der Waals surface area contributed by atoms with Crippen molar-refractivity contribution >= 4 is 45.2 Å². The van der Waals surface area contributed by atoms with Crippen LogP contribution in [0.4, 0.5) is 4.79 Å². The van der Waals surface area contributed by atoms with Crippen LogP contribution in [0, 0.1) is 0 Å². The van der Waals surface area contributed by atoms with E-state index in [9.17, 15) is 4.79 Å². The Morgan fingerprint density at radius 1 is 1.64 bits per heavy atom. The molecule has 0 saturated heterocycles. The highest BCUT2D eigenvalue weighted by Crippen LogP contribution is 2.28. The molecular weight excluding hydrogens is 238 g/mol. The molecule has 76 valence electrons. The van der Waals surface area contributed by atoms with Gasteiger partial charge in [0.25, 0.3) is 5.04 Å². The minimum atomic E-state index is -0.388. The third-order valence-electron chi connectivity index (χ3n) is 1.44. The van der Waals surface area contributed by atoms with E-state index in [2.05, 4.69) is 4.74 Å². The van der Waals surface area contributed by atoms with Crippen LogP contribution in [0.15, 0.2) is 15.7 Å². The summed E-state index contributed by atoms with van der Waals surface area (Å²) in [5.74, 6) is 0. The fraction of sp³-hybridized carbons (Fsp3) is 0.250. The Morgan fingerprint density at radius 3 is 2.93 bits per heavy atom. The molecule has 0 aliphatic carbocycles. The van der Waals surface area contributed by atoms with E-state index >= 15 is 0 Å². The fourth-order valence-electron chi connectivity index (χ4n) is 0.823.